The van der Waals surface area contributed by atoms with E-state index < -0.39 is 5.97 Å². The van der Waals surface area contributed by atoms with E-state index in [1.165, 1.54) is 0 Å². The van der Waals surface area contributed by atoms with Gasteiger partial charge in [-0.05, 0) is 36.8 Å². The van der Waals surface area contributed by atoms with Gasteiger partial charge in [-0.25, -0.2) is 4.79 Å². The van der Waals surface area contributed by atoms with Crippen molar-refractivity contribution in [2.45, 2.75) is 20.1 Å². The molecule has 0 aliphatic heterocycles. The van der Waals surface area contributed by atoms with Crippen LogP contribution in [0.5, 0.6) is 5.75 Å². The summed E-state index contributed by atoms with van der Waals surface area (Å²) in [7, 11) is 0. The lowest BCUT2D eigenvalue weighted by Gasteiger charge is -2.07. The van der Waals surface area contributed by atoms with Gasteiger partial charge in [-0.15, -0.1) is 0 Å². The maximum absolute atomic E-state index is 12.0. The molecule has 0 N–H and O–H groups in total. The lowest BCUT2D eigenvalue weighted by Crippen LogP contribution is -2.05. The molecule has 5 heteroatoms. The predicted molar refractivity (Wildman–Crippen MR) is 87.6 cm³/mol. The molecule has 0 aliphatic rings. The molecule has 3 aromatic rings. The number of carbonyl (C=O) groups is 1. The van der Waals surface area contributed by atoms with Crippen LogP contribution in [0.25, 0.3) is 0 Å². The van der Waals surface area contributed by atoms with E-state index in [2.05, 4.69) is 5.16 Å². The van der Waals surface area contributed by atoms with Gasteiger partial charge >= 0.3 is 5.97 Å². The Labute approximate surface area is 139 Å². The van der Waals surface area contributed by atoms with Crippen molar-refractivity contribution < 1.29 is 18.8 Å². The Hall–Kier alpha value is -3.08. The number of hydrogen-bond donors (Lipinski definition) is 0. The number of hydrogen-bond acceptors (Lipinski definition) is 5. The molecule has 0 bridgehead atoms. The van der Waals surface area contributed by atoms with Crippen molar-refractivity contribution in [3.63, 3.8) is 0 Å². The van der Waals surface area contributed by atoms with Gasteiger partial charge < -0.3 is 14.0 Å². The standard InChI is InChI=1S/C19H17NO4/c1-14-11-18(24-20-14)13-23-19(21)16-9-7-15(8-10-16)12-22-17-5-3-2-4-6-17/h2-11H,12-13H2,1H3. The average molecular weight is 323 g/mol. The molecule has 0 saturated carbocycles. The summed E-state index contributed by atoms with van der Waals surface area (Å²) in [5.41, 5.74) is 2.21. The van der Waals surface area contributed by atoms with E-state index in [1.807, 2.05) is 49.4 Å². The molecule has 0 unspecified atom stereocenters. The SMILES string of the molecule is Cc1cc(COC(=O)c2ccc(COc3ccccc3)cc2)on1. The lowest BCUT2D eigenvalue weighted by atomic mass is 10.1. The molecule has 0 amide bonds. The normalized spacial score (nSPS) is 10.4. The fourth-order valence-corrected chi connectivity index (χ4v) is 2.12. The van der Waals surface area contributed by atoms with Crippen molar-refractivity contribution >= 4 is 5.97 Å². The summed E-state index contributed by atoms with van der Waals surface area (Å²) >= 11 is 0. The molecule has 2 aromatic carbocycles. The third-order valence-corrected chi connectivity index (χ3v) is 3.36. The molecule has 0 spiro atoms. The zero-order valence-electron chi connectivity index (χ0n) is 13.3. The number of aromatic nitrogens is 1. The number of carbonyl (C=O) groups excluding carboxylic acids is 1. The molecule has 122 valence electrons. The van der Waals surface area contributed by atoms with Gasteiger partial charge in [-0.3, -0.25) is 0 Å². The van der Waals surface area contributed by atoms with Crippen molar-refractivity contribution in [2.24, 2.45) is 0 Å². The molecule has 0 radical (unpaired) electrons. The second kappa shape index (κ2) is 7.46. The van der Waals surface area contributed by atoms with Crippen molar-refractivity contribution in [1.82, 2.24) is 5.16 Å². The number of rotatable bonds is 6. The van der Waals surface area contributed by atoms with Crippen molar-refractivity contribution in [1.29, 1.82) is 0 Å². The number of para-hydroxylation sites is 1. The Morgan fingerprint density at radius 3 is 2.46 bits per heavy atom. The summed E-state index contributed by atoms with van der Waals surface area (Å²) in [5.74, 6) is 0.927. The monoisotopic (exact) mass is 323 g/mol. The second-order valence-electron chi connectivity index (χ2n) is 5.31. The minimum absolute atomic E-state index is 0.0680. The van der Waals surface area contributed by atoms with Gasteiger partial charge in [0.05, 0.1) is 11.3 Å². The van der Waals surface area contributed by atoms with Gasteiger partial charge in [0.2, 0.25) is 0 Å². The topological polar surface area (TPSA) is 61.6 Å². The van der Waals surface area contributed by atoms with Gasteiger partial charge in [0.25, 0.3) is 0 Å². The van der Waals surface area contributed by atoms with Crippen molar-refractivity contribution in [3.8, 4) is 5.75 Å². The second-order valence-corrected chi connectivity index (χ2v) is 5.31. The molecule has 0 atom stereocenters. The minimum atomic E-state index is -0.403. The van der Waals surface area contributed by atoms with Gasteiger partial charge in [0.1, 0.15) is 12.4 Å². The third kappa shape index (κ3) is 4.23. The van der Waals surface area contributed by atoms with Crippen LogP contribution in [-0.4, -0.2) is 11.1 Å². The first kappa shape index (κ1) is 15.8. The molecular formula is C19H17NO4. The van der Waals surface area contributed by atoms with E-state index in [1.54, 1.807) is 18.2 Å². The van der Waals surface area contributed by atoms with Crippen molar-refractivity contribution in [2.75, 3.05) is 0 Å². The fraction of sp³-hybridized carbons (Fsp3) is 0.158. The van der Waals surface area contributed by atoms with Crippen LogP contribution in [0.2, 0.25) is 0 Å². The molecule has 1 aromatic heterocycles. The fourth-order valence-electron chi connectivity index (χ4n) is 2.12. The number of nitrogens with zero attached hydrogens (tertiary/aromatic N) is 1. The van der Waals surface area contributed by atoms with E-state index in [-0.39, 0.29) is 6.61 Å². The number of aryl methyl sites for hydroxylation is 1. The maximum Gasteiger partial charge on any atom is 0.338 e. The highest BCUT2D eigenvalue weighted by Gasteiger charge is 2.09. The van der Waals surface area contributed by atoms with Crippen LogP contribution < -0.4 is 4.74 Å². The average Bonchev–Trinajstić information content (AvgIpc) is 3.04. The Bertz CT molecular complexity index is 794. The summed E-state index contributed by atoms with van der Waals surface area (Å²) < 4.78 is 15.9. The first-order valence-electron chi connectivity index (χ1n) is 7.57. The quantitative estimate of drug-likeness (QED) is 0.643. The number of benzene rings is 2. The van der Waals surface area contributed by atoms with E-state index in [9.17, 15) is 4.79 Å². The highest BCUT2D eigenvalue weighted by atomic mass is 16.5. The largest absolute Gasteiger partial charge is 0.489 e. The Morgan fingerprint density at radius 2 is 1.79 bits per heavy atom. The molecule has 0 fully saturated rings. The highest BCUT2D eigenvalue weighted by Crippen LogP contribution is 2.13. The minimum Gasteiger partial charge on any atom is -0.489 e. The third-order valence-electron chi connectivity index (χ3n) is 3.36. The van der Waals surface area contributed by atoms with Crippen LogP contribution in [0.3, 0.4) is 0 Å². The lowest BCUT2D eigenvalue weighted by molar-refractivity contribution is 0.0437. The zero-order valence-corrected chi connectivity index (χ0v) is 13.3. The Morgan fingerprint density at radius 1 is 1.04 bits per heavy atom. The van der Waals surface area contributed by atoms with E-state index in [0.29, 0.717) is 17.9 Å². The first-order valence-corrected chi connectivity index (χ1v) is 7.57. The van der Waals surface area contributed by atoms with Crippen LogP contribution in [-0.2, 0) is 18.0 Å². The summed E-state index contributed by atoms with van der Waals surface area (Å²) in [4.78, 5) is 12.0. The van der Waals surface area contributed by atoms with Gasteiger partial charge in [0, 0.05) is 6.07 Å². The van der Waals surface area contributed by atoms with Crippen LogP contribution in [0.1, 0.15) is 27.4 Å². The summed E-state index contributed by atoms with van der Waals surface area (Å²) in [6, 6.07) is 18.4. The number of esters is 1. The zero-order chi connectivity index (χ0) is 16.8. The molecule has 5 nitrogen and oxygen atoms in total. The molecule has 24 heavy (non-hydrogen) atoms. The summed E-state index contributed by atoms with van der Waals surface area (Å²) in [6.45, 7) is 2.32. The smallest absolute Gasteiger partial charge is 0.338 e. The van der Waals surface area contributed by atoms with Gasteiger partial charge in [0.15, 0.2) is 12.4 Å². The molecule has 3 rings (SSSR count). The van der Waals surface area contributed by atoms with Crippen LogP contribution in [0.15, 0.2) is 65.2 Å². The molecular weight excluding hydrogens is 306 g/mol. The first-order chi connectivity index (χ1) is 11.7. The van der Waals surface area contributed by atoms with Gasteiger partial charge in [-0.1, -0.05) is 35.5 Å². The summed E-state index contributed by atoms with van der Waals surface area (Å²) in [5, 5.41) is 3.74. The highest BCUT2D eigenvalue weighted by molar-refractivity contribution is 5.89. The molecule has 0 saturated heterocycles. The van der Waals surface area contributed by atoms with E-state index in [4.69, 9.17) is 14.0 Å². The maximum atomic E-state index is 12.0. The summed E-state index contributed by atoms with van der Waals surface area (Å²) in [6.07, 6.45) is 0. The van der Waals surface area contributed by atoms with Crippen LogP contribution in [0.4, 0.5) is 0 Å². The van der Waals surface area contributed by atoms with Gasteiger partial charge in [-0.2, -0.15) is 0 Å². The molecule has 0 aliphatic carbocycles. The van der Waals surface area contributed by atoms with Crippen LogP contribution in [0, 0.1) is 6.92 Å². The Balaban J connectivity index is 1.52. The number of ether oxygens (including phenoxy) is 2. The van der Waals surface area contributed by atoms with Crippen LogP contribution >= 0.6 is 0 Å². The van der Waals surface area contributed by atoms with Crippen molar-refractivity contribution in [3.05, 3.63) is 83.2 Å². The van der Waals surface area contributed by atoms with E-state index in [0.717, 1.165) is 17.0 Å². The molecule has 1 heterocycles. The van der Waals surface area contributed by atoms with E-state index >= 15 is 0 Å². The predicted octanol–water partition coefficient (Wildman–Crippen LogP) is 3.92. The Kier molecular flexibility index (Phi) is 4.91.